The van der Waals surface area contributed by atoms with Crippen LogP contribution >= 0.6 is 0 Å². The van der Waals surface area contributed by atoms with Crippen LogP contribution in [0.25, 0.3) is 21.7 Å². The quantitative estimate of drug-likeness (QED) is 0.669. The molecule has 0 aliphatic heterocycles. The monoisotopic (exact) mass is 246 g/mol. The molecule has 0 atom stereocenters. The summed E-state index contributed by atoms with van der Waals surface area (Å²) in [7, 11) is -4.43. The molecule has 0 amide bonds. The molecule has 1 aromatic heterocycles. The summed E-state index contributed by atoms with van der Waals surface area (Å²) in [5.41, 5.74) is 0.651. The third kappa shape index (κ3) is 1.69. The van der Waals surface area contributed by atoms with Crippen LogP contribution in [0.15, 0.2) is 47.5 Å². The summed E-state index contributed by atoms with van der Waals surface area (Å²) in [4.78, 5) is 2.63. The van der Waals surface area contributed by atoms with Crippen LogP contribution in [-0.4, -0.2) is 18.0 Å². The van der Waals surface area contributed by atoms with Crippen LogP contribution in [0.3, 0.4) is 0 Å². The predicted molar refractivity (Wildman–Crippen MR) is 63.8 cm³/mol. The summed E-state index contributed by atoms with van der Waals surface area (Å²) < 4.78 is 32.7. The minimum Gasteiger partial charge on any atom is -0.743 e. The normalized spacial score (nSPS) is 12.3. The lowest BCUT2D eigenvalue weighted by Gasteiger charge is -2.01. The second-order valence-corrected chi connectivity index (χ2v) is 5.22. The minimum absolute atomic E-state index is 0.289. The molecule has 1 N–H and O–H groups in total. The molecule has 17 heavy (non-hydrogen) atoms. The molecule has 2 aromatic carbocycles. The van der Waals surface area contributed by atoms with E-state index in [9.17, 15) is 13.0 Å². The summed E-state index contributed by atoms with van der Waals surface area (Å²) >= 11 is 0. The fourth-order valence-electron chi connectivity index (χ4n) is 1.93. The Morgan fingerprint density at radius 2 is 1.59 bits per heavy atom. The van der Waals surface area contributed by atoms with Gasteiger partial charge in [-0.15, -0.1) is 0 Å². The molecule has 0 bridgehead atoms. The van der Waals surface area contributed by atoms with Crippen LogP contribution in [-0.2, 0) is 10.1 Å². The largest absolute Gasteiger partial charge is 0.743 e. The average molecular weight is 246 g/mol. The molecule has 0 saturated heterocycles. The van der Waals surface area contributed by atoms with Gasteiger partial charge in [-0.25, -0.2) is 8.42 Å². The van der Waals surface area contributed by atoms with E-state index in [0.29, 0.717) is 5.52 Å². The predicted octanol–water partition coefficient (Wildman–Crippen LogP) is 2.23. The highest BCUT2D eigenvalue weighted by Crippen LogP contribution is 2.24. The highest BCUT2D eigenvalue weighted by Gasteiger charge is 2.07. The first-order chi connectivity index (χ1) is 8.04. The van der Waals surface area contributed by atoms with Crippen molar-refractivity contribution in [3.63, 3.8) is 0 Å². The maximum Gasteiger partial charge on any atom is 0.140 e. The van der Waals surface area contributed by atoms with Crippen molar-refractivity contribution in [3.05, 3.63) is 42.5 Å². The summed E-state index contributed by atoms with van der Waals surface area (Å²) in [6.45, 7) is 0. The fraction of sp³-hybridized carbons (Fsp3) is 0. The fourth-order valence-corrected chi connectivity index (χ4v) is 2.44. The van der Waals surface area contributed by atoms with E-state index >= 15 is 0 Å². The highest BCUT2D eigenvalue weighted by atomic mass is 32.2. The molecule has 3 rings (SSSR count). The van der Waals surface area contributed by atoms with Crippen molar-refractivity contribution in [2.24, 2.45) is 0 Å². The van der Waals surface area contributed by atoms with Crippen molar-refractivity contribution in [1.82, 2.24) is 4.98 Å². The first-order valence-corrected chi connectivity index (χ1v) is 6.42. The second kappa shape index (κ2) is 3.32. The third-order valence-corrected chi connectivity index (χ3v) is 3.49. The Labute approximate surface area is 97.6 Å². The van der Waals surface area contributed by atoms with Crippen LogP contribution in [0.2, 0.25) is 0 Å². The number of aromatic amines is 1. The van der Waals surface area contributed by atoms with E-state index in [2.05, 4.69) is 4.98 Å². The molecule has 3 aromatic rings. The van der Waals surface area contributed by atoms with E-state index in [4.69, 9.17) is 0 Å². The Morgan fingerprint density at radius 3 is 2.24 bits per heavy atom. The molecular weight excluding hydrogens is 238 g/mol. The number of aromatic nitrogens is 1. The van der Waals surface area contributed by atoms with E-state index in [1.165, 1.54) is 6.07 Å². The zero-order valence-corrected chi connectivity index (χ0v) is 9.49. The van der Waals surface area contributed by atoms with E-state index in [0.717, 1.165) is 16.2 Å². The van der Waals surface area contributed by atoms with Gasteiger partial charge in [0.1, 0.15) is 15.1 Å². The van der Waals surface area contributed by atoms with E-state index in [-0.39, 0.29) is 5.03 Å². The molecule has 0 radical (unpaired) electrons. The van der Waals surface area contributed by atoms with Crippen LogP contribution in [0, 0.1) is 0 Å². The second-order valence-electron chi connectivity index (χ2n) is 3.87. The Morgan fingerprint density at radius 1 is 0.941 bits per heavy atom. The molecule has 0 unspecified atom stereocenters. The van der Waals surface area contributed by atoms with Crippen LogP contribution in [0.4, 0.5) is 0 Å². The molecule has 0 aliphatic carbocycles. The van der Waals surface area contributed by atoms with Gasteiger partial charge in [-0.3, -0.25) is 0 Å². The van der Waals surface area contributed by atoms with Crippen LogP contribution < -0.4 is 0 Å². The Bertz CT molecular complexity index is 766. The smallest absolute Gasteiger partial charge is 0.140 e. The molecule has 0 spiro atoms. The molecular formula is C12H8NO3S-. The van der Waals surface area contributed by atoms with Gasteiger partial charge in [0.25, 0.3) is 0 Å². The maximum absolute atomic E-state index is 10.9. The van der Waals surface area contributed by atoms with Gasteiger partial charge in [0.05, 0.1) is 0 Å². The maximum atomic E-state index is 10.9. The van der Waals surface area contributed by atoms with E-state index in [1.54, 1.807) is 0 Å². The van der Waals surface area contributed by atoms with Gasteiger partial charge in [0.2, 0.25) is 0 Å². The van der Waals surface area contributed by atoms with Crippen molar-refractivity contribution in [3.8, 4) is 0 Å². The van der Waals surface area contributed by atoms with Gasteiger partial charge in [-0.05, 0) is 29.0 Å². The number of benzene rings is 2. The molecule has 0 aliphatic rings. The molecule has 5 heteroatoms. The molecule has 86 valence electrons. The van der Waals surface area contributed by atoms with E-state index in [1.807, 2.05) is 36.4 Å². The van der Waals surface area contributed by atoms with Gasteiger partial charge < -0.3 is 9.54 Å². The Hall–Kier alpha value is -1.85. The SMILES string of the molecule is O=S(=O)([O-])c1cc2cc3ccccc3cc2[nH]1. The van der Waals surface area contributed by atoms with Crippen LogP contribution in [0.5, 0.6) is 0 Å². The van der Waals surface area contributed by atoms with Crippen molar-refractivity contribution >= 4 is 31.8 Å². The van der Waals surface area contributed by atoms with Gasteiger partial charge in [0, 0.05) is 10.9 Å². The van der Waals surface area contributed by atoms with Gasteiger partial charge in [-0.1, -0.05) is 24.3 Å². The summed E-state index contributed by atoms with van der Waals surface area (Å²) in [6.07, 6.45) is 0. The van der Waals surface area contributed by atoms with Crippen molar-refractivity contribution in [2.75, 3.05) is 0 Å². The molecule has 1 heterocycles. The lowest BCUT2D eigenvalue weighted by molar-refractivity contribution is 0.460. The van der Waals surface area contributed by atoms with Crippen molar-refractivity contribution < 1.29 is 13.0 Å². The van der Waals surface area contributed by atoms with Crippen molar-refractivity contribution in [2.45, 2.75) is 5.03 Å². The van der Waals surface area contributed by atoms with Gasteiger partial charge in [0.15, 0.2) is 0 Å². The standard InChI is InChI=1S/C12H9NO3S/c14-17(15,16)12-7-10-5-8-3-1-2-4-9(8)6-11(10)13-12/h1-7,13H,(H,14,15,16)/p-1. The first kappa shape index (κ1) is 10.3. The zero-order valence-electron chi connectivity index (χ0n) is 8.67. The number of rotatable bonds is 1. The first-order valence-electron chi connectivity index (χ1n) is 5.01. The van der Waals surface area contributed by atoms with Crippen molar-refractivity contribution in [1.29, 1.82) is 0 Å². The average Bonchev–Trinajstić information content (AvgIpc) is 2.68. The minimum atomic E-state index is -4.43. The van der Waals surface area contributed by atoms with Gasteiger partial charge >= 0.3 is 0 Å². The topological polar surface area (TPSA) is 73.0 Å². The number of hydrogen-bond donors (Lipinski definition) is 1. The van der Waals surface area contributed by atoms with Gasteiger partial charge in [-0.2, -0.15) is 0 Å². The molecule has 4 nitrogen and oxygen atoms in total. The summed E-state index contributed by atoms with van der Waals surface area (Å²) in [5, 5.41) is 2.44. The Balaban J connectivity index is 2.40. The summed E-state index contributed by atoms with van der Waals surface area (Å²) in [5.74, 6) is 0. The molecule has 0 fully saturated rings. The number of hydrogen-bond acceptors (Lipinski definition) is 3. The van der Waals surface area contributed by atoms with E-state index < -0.39 is 10.1 Å². The zero-order chi connectivity index (χ0) is 12.0. The number of H-pyrrole nitrogens is 1. The summed E-state index contributed by atoms with van der Waals surface area (Å²) in [6, 6.07) is 12.7. The third-order valence-electron chi connectivity index (χ3n) is 2.73. The lowest BCUT2D eigenvalue weighted by atomic mass is 10.1. The lowest BCUT2D eigenvalue weighted by Crippen LogP contribution is -1.97. The number of fused-ring (bicyclic) bond motifs is 2. The van der Waals surface area contributed by atoms with Crippen LogP contribution in [0.1, 0.15) is 0 Å². The number of nitrogens with one attached hydrogen (secondary N) is 1. The highest BCUT2D eigenvalue weighted by molar-refractivity contribution is 7.85. The molecule has 0 saturated carbocycles. The Kier molecular flexibility index (Phi) is 2.01.